The largest absolute Gasteiger partial charge is 0.340 e. The molecule has 4 nitrogen and oxygen atoms in total. The van der Waals surface area contributed by atoms with Gasteiger partial charge >= 0.3 is 0 Å². The maximum atomic E-state index is 12.3. The van der Waals surface area contributed by atoms with Gasteiger partial charge in [-0.1, -0.05) is 12.1 Å². The first-order valence-electron chi connectivity index (χ1n) is 5.49. The van der Waals surface area contributed by atoms with Crippen molar-refractivity contribution in [2.75, 3.05) is 0 Å². The zero-order chi connectivity index (χ0) is 12.9. The second kappa shape index (κ2) is 3.50. The van der Waals surface area contributed by atoms with Crippen molar-refractivity contribution in [3.63, 3.8) is 0 Å². The second-order valence-electron chi connectivity index (χ2n) is 4.19. The van der Waals surface area contributed by atoms with Crippen LogP contribution in [0.4, 0.5) is 0 Å². The summed E-state index contributed by atoms with van der Waals surface area (Å²) in [7, 11) is 1.69. The van der Waals surface area contributed by atoms with Crippen LogP contribution in [0, 0.1) is 0 Å². The number of benzene rings is 1. The van der Waals surface area contributed by atoms with Crippen molar-refractivity contribution in [1.82, 2.24) is 4.57 Å². The van der Waals surface area contributed by atoms with Crippen LogP contribution in [0.5, 0.6) is 0 Å². The van der Waals surface area contributed by atoms with E-state index in [0.29, 0.717) is 10.9 Å². The van der Waals surface area contributed by atoms with E-state index in [0.717, 1.165) is 6.08 Å². The molecule has 18 heavy (non-hydrogen) atoms. The van der Waals surface area contributed by atoms with Crippen LogP contribution in [0.15, 0.2) is 41.2 Å². The Balaban J connectivity index is 2.61. The Morgan fingerprint density at radius 2 is 1.61 bits per heavy atom. The number of para-hydroxylation sites is 1. The molecule has 88 valence electrons. The van der Waals surface area contributed by atoms with Gasteiger partial charge in [0.25, 0.3) is 0 Å². The number of rotatable bonds is 0. The van der Waals surface area contributed by atoms with Gasteiger partial charge in [0.15, 0.2) is 5.78 Å². The normalized spacial score (nSPS) is 14.1. The van der Waals surface area contributed by atoms with Gasteiger partial charge in [-0.3, -0.25) is 14.4 Å². The lowest BCUT2D eigenvalue weighted by molar-refractivity contribution is 0.0987. The number of fused-ring (bicyclic) bond motifs is 2. The molecule has 1 aliphatic rings. The first kappa shape index (κ1) is 10.7. The third kappa shape index (κ3) is 1.23. The molecule has 0 amide bonds. The molecule has 2 aromatic rings. The molecule has 0 atom stereocenters. The van der Waals surface area contributed by atoms with Gasteiger partial charge in [0.1, 0.15) is 5.69 Å². The highest BCUT2D eigenvalue weighted by Gasteiger charge is 2.26. The maximum absolute atomic E-state index is 12.3. The van der Waals surface area contributed by atoms with E-state index in [2.05, 4.69) is 0 Å². The molecule has 0 fully saturated rings. The van der Waals surface area contributed by atoms with Crippen LogP contribution in [-0.4, -0.2) is 16.1 Å². The van der Waals surface area contributed by atoms with Crippen molar-refractivity contribution in [2.45, 2.75) is 0 Å². The summed E-state index contributed by atoms with van der Waals surface area (Å²) in [4.78, 5) is 35.9. The number of ketones is 2. The van der Waals surface area contributed by atoms with E-state index in [-0.39, 0.29) is 22.5 Å². The Morgan fingerprint density at radius 3 is 2.39 bits per heavy atom. The second-order valence-corrected chi connectivity index (χ2v) is 4.19. The van der Waals surface area contributed by atoms with Crippen LogP contribution in [0.2, 0.25) is 0 Å². The lowest BCUT2D eigenvalue weighted by atomic mass is 9.97. The molecule has 3 rings (SSSR count). The third-order valence-corrected chi connectivity index (χ3v) is 3.18. The summed E-state index contributed by atoms with van der Waals surface area (Å²) in [6.45, 7) is 0. The molecule has 0 N–H and O–H groups in total. The summed E-state index contributed by atoms with van der Waals surface area (Å²) in [5.74, 6) is -0.717. The minimum atomic E-state index is -0.407. The molecule has 0 bridgehead atoms. The van der Waals surface area contributed by atoms with Gasteiger partial charge in [-0.15, -0.1) is 0 Å². The number of aromatic nitrogens is 1. The highest BCUT2D eigenvalue weighted by Crippen LogP contribution is 2.19. The zero-order valence-corrected chi connectivity index (χ0v) is 9.64. The van der Waals surface area contributed by atoms with Gasteiger partial charge in [0, 0.05) is 12.4 Å². The minimum absolute atomic E-state index is 0.0244. The minimum Gasteiger partial charge on any atom is -0.340 e. The first-order valence-corrected chi connectivity index (χ1v) is 5.49. The number of pyridine rings is 1. The van der Waals surface area contributed by atoms with Gasteiger partial charge in [0.05, 0.1) is 11.1 Å². The Morgan fingerprint density at radius 1 is 0.944 bits per heavy atom. The number of carbonyl (C=O) groups excluding carboxylic acids is 2. The third-order valence-electron chi connectivity index (χ3n) is 3.18. The average molecular weight is 239 g/mol. The molecular formula is C14H9NO3. The number of carbonyl (C=O) groups is 2. The number of aryl methyl sites for hydroxylation is 1. The summed E-state index contributed by atoms with van der Waals surface area (Å²) >= 11 is 0. The summed E-state index contributed by atoms with van der Waals surface area (Å²) in [5, 5.41) is 0.454. The Labute approximate surface area is 102 Å². The quantitative estimate of drug-likeness (QED) is 0.699. The van der Waals surface area contributed by atoms with Crippen molar-refractivity contribution in [3.8, 4) is 0 Å². The van der Waals surface area contributed by atoms with Crippen LogP contribution >= 0.6 is 0 Å². The standard InChI is InChI=1S/C14H9NO3/c1-15-9-5-3-2-4-8(9)14(18)12-10(16)6-7-11(17)13(12)15/h2-7H,1H3. The smallest absolute Gasteiger partial charge is 0.203 e. The Bertz CT molecular complexity index is 797. The van der Waals surface area contributed by atoms with Crippen molar-refractivity contribution >= 4 is 22.5 Å². The van der Waals surface area contributed by atoms with Crippen LogP contribution < -0.4 is 5.43 Å². The maximum Gasteiger partial charge on any atom is 0.203 e. The fraction of sp³-hybridized carbons (Fsp3) is 0.0714. The van der Waals surface area contributed by atoms with E-state index >= 15 is 0 Å². The number of hydrogen-bond donors (Lipinski definition) is 0. The highest BCUT2D eigenvalue weighted by molar-refractivity contribution is 6.22. The fourth-order valence-corrected chi connectivity index (χ4v) is 2.32. The lowest BCUT2D eigenvalue weighted by Gasteiger charge is -2.15. The van der Waals surface area contributed by atoms with Crippen molar-refractivity contribution in [1.29, 1.82) is 0 Å². The predicted molar refractivity (Wildman–Crippen MR) is 67.0 cm³/mol. The van der Waals surface area contributed by atoms with Gasteiger partial charge < -0.3 is 4.57 Å². The van der Waals surface area contributed by atoms with E-state index in [9.17, 15) is 14.4 Å². The molecule has 0 saturated carbocycles. The summed E-state index contributed by atoms with van der Waals surface area (Å²) < 4.78 is 1.61. The van der Waals surface area contributed by atoms with Gasteiger partial charge in [-0.25, -0.2) is 0 Å². The summed E-state index contributed by atoms with van der Waals surface area (Å²) in [6.07, 6.45) is 2.36. The first-order chi connectivity index (χ1) is 8.61. The van der Waals surface area contributed by atoms with E-state index in [1.807, 2.05) is 0 Å². The number of hydrogen-bond acceptors (Lipinski definition) is 3. The van der Waals surface area contributed by atoms with Gasteiger partial charge in [-0.2, -0.15) is 0 Å². The van der Waals surface area contributed by atoms with Crippen LogP contribution in [-0.2, 0) is 7.05 Å². The molecule has 1 aromatic heterocycles. The predicted octanol–water partition coefficient (Wildman–Crippen LogP) is 1.47. The van der Waals surface area contributed by atoms with Crippen molar-refractivity contribution < 1.29 is 9.59 Å². The fourth-order valence-electron chi connectivity index (χ4n) is 2.32. The molecule has 0 radical (unpaired) electrons. The molecule has 0 saturated heterocycles. The van der Waals surface area contributed by atoms with E-state index in [1.165, 1.54) is 6.08 Å². The zero-order valence-electron chi connectivity index (χ0n) is 9.64. The molecule has 0 spiro atoms. The molecule has 4 heteroatoms. The molecular weight excluding hydrogens is 230 g/mol. The van der Waals surface area contributed by atoms with Gasteiger partial charge in [-0.05, 0) is 24.3 Å². The number of allylic oxidation sites excluding steroid dienone is 2. The van der Waals surface area contributed by atoms with E-state index in [1.54, 1.807) is 35.9 Å². The van der Waals surface area contributed by atoms with Crippen molar-refractivity contribution in [2.24, 2.45) is 7.05 Å². The molecule has 0 unspecified atom stereocenters. The molecule has 0 aliphatic heterocycles. The lowest BCUT2D eigenvalue weighted by Crippen LogP contribution is -2.27. The van der Waals surface area contributed by atoms with E-state index in [4.69, 9.17) is 0 Å². The summed E-state index contributed by atoms with van der Waals surface area (Å²) in [5.41, 5.74) is 0.425. The average Bonchev–Trinajstić information content (AvgIpc) is 2.38. The SMILES string of the molecule is Cn1c2c(c(=O)c3ccccc31)C(=O)C=CC2=O. The van der Waals surface area contributed by atoms with E-state index < -0.39 is 5.78 Å². The highest BCUT2D eigenvalue weighted by atomic mass is 16.1. The van der Waals surface area contributed by atoms with Crippen molar-refractivity contribution in [3.05, 3.63) is 57.9 Å². The molecule has 1 aliphatic carbocycles. The van der Waals surface area contributed by atoms with Crippen LogP contribution in [0.25, 0.3) is 10.9 Å². The molecule has 1 heterocycles. The van der Waals surface area contributed by atoms with Gasteiger partial charge in [0.2, 0.25) is 11.2 Å². The topological polar surface area (TPSA) is 56.1 Å². The van der Waals surface area contributed by atoms with Crippen LogP contribution in [0.1, 0.15) is 20.8 Å². The Hall–Kier alpha value is -2.49. The Kier molecular flexibility index (Phi) is 2.07. The monoisotopic (exact) mass is 239 g/mol. The summed E-state index contributed by atoms with van der Waals surface area (Å²) in [6, 6.07) is 6.95. The number of nitrogens with zero attached hydrogens (tertiary/aromatic N) is 1. The van der Waals surface area contributed by atoms with Crippen LogP contribution in [0.3, 0.4) is 0 Å². The molecule has 1 aromatic carbocycles.